The average molecular weight is 254 g/mol. The number of hydrazone groups is 1. The van der Waals surface area contributed by atoms with Crippen LogP contribution >= 0.6 is 0 Å². The zero-order valence-corrected chi connectivity index (χ0v) is 10.5. The molecule has 0 bridgehead atoms. The third kappa shape index (κ3) is 3.67. The molecular formula is C15H14N2O2. The van der Waals surface area contributed by atoms with Crippen molar-refractivity contribution in [2.45, 2.75) is 0 Å². The summed E-state index contributed by atoms with van der Waals surface area (Å²) in [5, 5.41) is 3.90. The summed E-state index contributed by atoms with van der Waals surface area (Å²) >= 11 is 0. The van der Waals surface area contributed by atoms with Crippen LogP contribution < -0.4 is 10.2 Å². The van der Waals surface area contributed by atoms with Crippen molar-refractivity contribution in [2.24, 2.45) is 5.10 Å². The van der Waals surface area contributed by atoms with Gasteiger partial charge in [0.15, 0.2) is 0 Å². The minimum Gasteiger partial charge on any atom is -0.497 e. The molecular weight excluding hydrogens is 240 g/mol. The Morgan fingerprint density at radius 1 is 1.11 bits per heavy atom. The van der Waals surface area contributed by atoms with Crippen molar-refractivity contribution >= 4 is 12.1 Å². The molecule has 0 saturated heterocycles. The number of rotatable bonds is 4. The summed E-state index contributed by atoms with van der Waals surface area (Å²) in [6.07, 6.45) is 1.60. The van der Waals surface area contributed by atoms with Crippen LogP contribution in [0.15, 0.2) is 59.7 Å². The fourth-order valence-electron chi connectivity index (χ4n) is 1.51. The van der Waals surface area contributed by atoms with Gasteiger partial charge >= 0.3 is 0 Å². The van der Waals surface area contributed by atoms with E-state index in [1.807, 2.05) is 30.3 Å². The van der Waals surface area contributed by atoms with Crippen molar-refractivity contribution in [1.29, 1.82) is 0 Å². The summed E-state index contributed by atoms with van der Waals surface area (Å²) in [6, 6.07) is 16.4. The third-order valence-corrected chi connectivity index (χ3v) is 2.53. The molecule has 0 aromatic heterocycles. The zero-order chi connectivity index (χ0) is 13.5. The summed E-state index contributed by atoms with van der Waals surface area (Å²) in [6.45, 7) is 0. The van der Waals surface area contributed by atoms with Gasteiger partial charge in [0.1, 0.15) is 5.75 Å². The van der Waals surface area contributed by atoms with Crippen molar-refractivity contribution in [3.63, 3.8) is 0 Å². The topological polar surface area (TPSA) is 50.7 Å². The first-order valence-electron chi connectivity index (χ1n) is 5.82. The monoisotopic (exact) mass is 254 g/mol. The molecule has 0 spiro atoms. The molecule has 1 amide bonds. The maximum absolute atomic E-state index is 11.8. The molecule has 2 rings (SSSR count). The Kier molecular flexibility index (Phi) is 4.29. The van der Waals surface area contributed by atoms with Crippen molar-refractivity contribution in [2.75, 3.05) is 7.11 Å². The molecule has 1 N–H and O–H groups in total. The molecule has 0 saturated carbocycles. The van der Waals surface area contributed by atoms with Crippen molar-refractivity contribution in [3.8, 4) is 5.75 Å². The first kappa shape index (κ1) is 12.8. The number of hydrogen-bond acceptors (Lipinski definition) is 3. The quantitative estimate of drug-likeness (QED) is 0.673. The van der Waals surface area contributed by atoms with Crippen LogP contribution in [0.25, 0.3) is 0 Å². The minimum absolute atomic E-state index is 0.255. The van der Waals surface area contributed by atoms with Gasteiger partial charge in [0.25, 0.3) is 5.91 Å². The largest absolute Gasteiger partial charge is 0.497 e. The lowest BCUT2D eigenvalue weighted by atomic mass is 10.2. The Hall–Kier alpha value is -2.62. The molecule has 0 atom stereocenters. The van der Waals surface area contributed by atoms with E-state index in [1.54, 1.807) is 37.6 Å². The first-order valence-corrected chi connectivity index (χ1v) is 5.82. The van der Waals surface area contributed by atoms with Crippen LogP contribution in [0.2, 0.25) is 0 Å². The maximum Gasteiger partial charge on any atom is 0.271 e. The van der Waals surface area contributed by atoms with Crippen molar-refractivity contribution in [3.05, 3.63) is 65.7 Å². The molecule has 0 aliphatic rings. The fraction of sp³-hybridized carbons (Fsp3) is 0.0667. The third-order valence-electron chi connectivity index (χ3n) is 2.53. The van der Waals surface area contributed by atoms with Gasteiger partial charge in [0.2, 0.25) is 0 Å². The molecule has 2 aromatic rings. The van der Waals surface area contributed by atoms with E-state index in [0.717, 1.165) is 5.56 Å². The van der Waals surface area contributed by atoms with Gasteiger partial charge in [-0.2, -0.15) is 5.10 Å². The number of ether oxygens (including phenoxy) is 1. The molecule has 0 aliphatic heterocycles. The maximum atomic E-state index is 11.8. The van der Waals surface area contributed by atoms with Crippen LogP contribution in [0.4, 0.5) is 0 Å². The van der Waals surface area contributed by atoms with Gasteiger partial charge in [0, 0.05) is 5.56 Å². The van der Waals surface area contributed by atoms with Gasteiger partial charge in [-0.3, -0.25) is 4.79 Å². The van der Waals surface area contributed by atoms with E-state index in [0.29, 0.717) is 11.3 Å². The predicted octanol–water partition coefficient (Wildman–Crippen LogP) is 2.46. The van der Waals surface area contributed by atoms with Crippen LogP contribution in [0.5, 0.6) is 5.75 Å². The van der Waals surface area contributed by atoms with E-state index in [1.165, 1.54) is 0 Å². The van der Waals surface area contributed by atoms with E-state index in [2.05, 4.69) is 10.5 Å². The Bertz CT molecular complexity index is 562. The zero-order valence-electron chi connectivity index (χ0n) is 10.5. The van der Waals surface area contributed by atoms with Gasteiger partial charge in [0.05, 0.1) is 13.3 Å². The lowest BCUT2D eigenvalue weighted by Gasteiger charge is -2.02. The normalized spacial score (nSPS) is 10.4. The van der Waals surface area contributed by atoms with Crippen LogP contribution in [-0.4, -0.2) is 19.2 Å². The highest BCUT2D eigenvalue weighted by molar-refractivity contribution is 5.94. The molecule has 0 radical (unpaired) electrons. The van der Waals surface area contributed by atoms with Crippen LogP contribution in [0, 0.1) is 0 Å². The van der Waals surface area contributed by atoms with E-state index in [9.17, 15) is 4.79 Å². The number of carbonyl (C=O) groups is 1. The number of methoxy groups -OCH3 is 1. The van der Waals surface area contributed by atoms with Crippen LogP contribution in [0.3, 0.4) is 0 Å². The van der Waals surface area contributed by atoms with E-state index in [4.69, 9.17) is 4.74 Å². The Balaban J connectivity index is 1.95. The van der Waals surface area contributed by atoms with Crippen molar-refractivity contribution in [1.82, 2.24) is 5.43 Å². The molecule has 0 unspecified atom stereocenters. The molecule has 19 heavy (non-hydrogen) atoms. The Morgan fingerprint density at radius 3 is 2.42 bits per heavy atom. The summed E-state index contributed by atoms with van der Waals surface area (Å²) < 4.78 is 5.03. The first-order chi connectivity index (χ1) is 9.29. The van der Waals surface area contributed by atoms with Crippen LogP contribution in [0.1, 0.15) is 15.9 Å². The van der Waals surface area contributed by atoms with E-state index < -0.39 is 0 Å². The van der Waals surface area contributed by atoms with Crippen molar-refractivity contribution < 1.29 is 9.53 Å². The average Bonchev–Trinajstić information content (AvgIpc) is 2.48. The highest BCUT2D eigenvalue weighted by atomic mass is 16.5. The highest BCUT2D eigenvalue weighted by Crippen LogP contribution is 2.10. The molecule has 0 heterocycles. The number of hydrogen-bond donors (Lipinski definition) is 1. The van der Waals surface area contributed by atoms with Gasteiger partial charge < -0.3 is 4.74 Å². The van der Waals surface area contributed by atoms with Gasteiger partial charge in [-0.15, -0.1) is 0 Å². The molecule has 0 fully saturated rings. The summed E-state index contributed by atoms with van der Waals surface area (Å²) in [4.78, 5) is 11.8. The Morgan fingerprint density at radius 2 is 1.79 bits per heavy atom. The predicted molar refractivity (Wildman–Crippen MR) is 74.5 cm³/mol. The number of amides is 1. The van der Waals surface area contributed by atoms with Gasteiger partial charge in [-0.1, -0.05) is 30.3 Å². The minimum atomic E-state index is -0.255. The summed E-state index contributed by atoms with van der Waals surface area (Å²) in [5.41, 5.74) is 3.94. The Labute approximate surface area is 111 Å². The number of benzene rings is 2. The van der Waals surface area contributed by atoms with Gasteiger partial charge in [-0.25, -0.2) is 5.43 Å². The number of nitrogens with zero attached hydrogens (tertiary/aromatic N) is 1. The SMILES string of the molecule is COc1ccc(C(=O)N/N=C/c2ccccc2)cc1. The molecule has 2 aromatic carbocycles. The van der Waals surface area contributed by atoms with E-state index >= 15 is 0 Å². The summed E-state index contributed by atoms with van der Waals surface area (Å²) in [7, 11) is 1.58. The lowest BCUT2D eigenvalue weighted by Crippen LogP contribution is -2.17. The molecule has 0 aliphatic carbocycles. The fourth-order valence-corrected chi connectivity index (χ4v) is 1.51. The summed E-state index contributed by atoms with van der Waals surface area (Å²) in [5.74, 6) is 0.458. The number of carbonyl (C=O) groups excluding carboxylic acids is 1. The lowest BCUT2D eigenvalue weighted by molar-refractivity contribution is 0.0955. The number of nitrogens with one attached hydrogen (secondary N) is 1. The van der Waals surface area contributed by atoms with Crippen LogP contribution in [-0.2, 0) is 0 Å². The molecule has 96 valence electrons. The highest BCUT2D eigenvalue weighted by Gasteiger charge is 2.03. The molecule has 4 nitrogen and oxygen atoms in total. The van der Waals surface area contributed by atoms with E-state index in [-0.39, 0.29) is 5.91 Å². The second kappa shape index (κ2) is 6.35. The standard InChI is InChI=1S/C15H14N2O2/c1-19-14-9-7-13(8-10-14)15(18)17-16-11-12-5-3-2-4-6-12/h2-11H,1H3,(H,17,18)/b16-11+. The second-order valence-electron chi connectivity index (χ2n) is 3.84. The smallest absolute Gasteiger partial charge is 0.271 e. The van der Waals surface area contributed by atoms with Gasteiger partial charge in [-0.05, 0) is 29.8 Å². The molecule has 4 heteroatoms. The second-order valence-corrected chi connectivity index (χ2v) is 3.84.